The molecule has 0 spiro atoms. The molecule has 28 heavy (non-hydrogen) atoms. The van der Waals surface area contributed by atoms with Gasteiger partial charge in [0.25, 0.3) is 0 Å². The molecule has 0 heterocycles. The van der Waals surface area contributed by atoms with Crippen LogP contribution >= 0.6 is 24.0 Å². The summed E-state index contributed by atoms with van der Waals surface area (Å²) in [6.07, 6.45) is 0. The summed E-state index contributed by atoms with van der Waals surface area (Å²) in [5, 5.41) is 7.98. The first kappa shape index (κ1) is 23.7. The van der Waals surface area contributed by atoms with E-state index in [4.69, 9.17) is 0 Å². The summed E-state index contributed by atoms with van der Waals surface area (Å²) in [6, 6.07) is 9.59. The zero-order valence-electron chi connectivity index (χ0n) is 15.5. The third kappa shape index (κ3) is 7.02. The normalized spacial score (nSPS) is 10.8. The van der Waals surface area contributed by atoms with Crippen molar-refractivity contribution < 1.29 is 18.0 Å². The van der Waals surface area contributed by atoms with Crippen molar-refractivity contribution in [2.24, 2.45) is 4.99 Å². The molecule has 0 aliphatic rings. The topological polar surface area (TPSA) is 65.5 Å². The second kappa shape index (κ2) is 11.5. The third-order valence-corrected chi connectivity index (χ3v) is 3.61. The summed E-state index contributed by atoms with van der Waals surface area (Å²) in [5.41, 5.74) is 1.72. The molecule has 0 saturated heterocycles. The number of halogens is 4. The Balaban J connectivity index is 0.00000392. The lowest BCUT2D eigenvalue weighted by Gasteiger charge is -2.12. The molecule has 152 valence electrons. The number of hydrogen-bond donors (Lipinski definition) is 3. The zero-order valence-corrected chi connectivity index (χ0v) is 17.8. The molecule has 2 aromatic carbocycles. The largest absolute Gasteiger partial charge is 0.357 e. The Labute approximate surface area is 178 Å². The number of carbonyl (C=O) groups is 1. The van der Waals surface area contributed by atoms with Crippen molar-refractivity contribution in [1.82, 2.24) is 10.6 Å². The van der Waals surface area contributed by atoms with Crippen LogP contribution in [0.25, 0.3) is 0 Å². The number of aliphatic imine (C=N–C) groups is 1. The van der Waals surface area contributed by atoms with E-state index in [9.17, 15) is 18.0 Å². The van der Waals surface area contributed by atoms with Crippen molar-refractivity contribution in [2.45, 2.75) is 20.4 Å². The zero-order chi connectivity index (χ0) is 19.8. The summed E-state index contributed by atoms with van der Waals surface area (Å²) in [4.78, 5) is 16.3. The Kier molecular flexibility index (Phi) is 9.77. The number of guanidine groups is 1. The first-order valence-corrected chi connectivity index (χ1v) is 8.41. The minimum absolute atomic E-state index is 0. The molecule has 0 aliphatic heterocycles. The molecule has 2 rings (SSSR count). The Hall–Kier alpha value is -2.30. The van der Waals surface area contributed by atoms with E-state index in [1.807, 2.05) is 38.1 Å². The van der Waals surface area contributed by atoms with Gasteiger partial charge in [-0.05, 0) is 31.5 Å². The molecule has 5 nitrogen and oxygen atoms in total. The van der Waals surface area contributed by atoms with Crippen molar-refractivity contribution in [1.29, 1.82) is 0 Å². The molecule has 0 bridgehead atoms. The van der Waals surface area contributed by atoms with Gasteiger partial charge in [-0.2, -0.15) is 0 Å². The van der Waals surface area contributed by atoms with E-state index >= 15 is 0 Å². The molecule has 0 fully saturated rings. The highest BCUT2D eigenvalue weighted by molar-refractivity contribution is 14.0. The van der Waals surface area contributed by atoms with E-state index in [1.165, 1.54) is 0 Å². The van der Waals surface area contributed by atoms with Crippen LogP contribution in [0.15, 0.2) is 41.4 Å². The van der Waals surface area contributed by atoms with Crippen LogP contribution in [0.5, 0.6) is 0 Å². The van der Waals surface area contributed by atoms with Gasteiger partial charge in [-0.1, -0.05) is 29.8 Å². The van der Waals surface area contributed by atoms with Crippen LogP contribution in [0.3, 0.4) is 0 Å². The number of hydrogen-bond acceptors (Lipinski definition) is 2. The Bertz CT molecular complexity index is 829. The second-order valence-corrected chi connectivity index (χ2v) is 5.81. The van der Waals surface area contributed by atoms with Gasteiger partial charge in [-0.15, -0.1) is 24.0 Å². The van der Waals surface area contributed by atoms with Gasteiger partial charge in [0.2, 0.25) is 5.91 Å². The molecule has 2 aromatic rings. The minimum Gasteiger partial charge on any atom is -0.357 e. The standard InChI is InChI=1S/C19H21F3N4O.HI/c1-3-23-19(24-10-13-6-4-12(2)5-7-13)25-11-16(27)26-15-9-8-14(20)17(21)18(15)22;/h4-9H,3,10-11H2,1-2H3,(H,26,27)(H2,23,24,25);1H. The maximum Gasteiger partial charge on any atom is 0.243 e. The van der Waals surface area contributed by atoms with E-state index < -0.39 is 29.0 Å². The average Bonchev–Trinajstić information content (AvgIpc) is 2.66. The number of nitrogens with one attached hydrogen (secondary N) is 3. The summed E-state index contributed by atoms with van der Waals surface area (Å²) in [7, 11) is 0. The molecule has 0 atom stereocenters. The number of anilines is 1. The lowest BCUT2D eigenvalue weighted by molar-refractivity contribution is -0.115. The summed E-state index contributed by atoms with van der Waals surface area (Å²) >= 11 is 0. The first-order valence-electron chi connectivity index (χ1n) is 8.41. The van der Waals surface area contributed by atoms with Crippen molar-refractivity contribution in [3.05, 3.63) is 65.0 Å². The van der Waals surface area contributed by atoms with Crippen molar-refractivity contribution >= 4 is 41.5 Å². The number of aryl methyl sites for hydroxylation is 1. The quantitative estimate of drug-likeness (QED) is 0.242. The molecule has 0 saturated carbocycles. The minimum atomic E-state index is -1.63. The fraction of sp³-hybridized carbons (Fsp3) is 0.263. The molecular formula is C19H22F3IN4O. The highest BCUT2D eigenvalue weighted by Crippen LogP contribution is 2.19. The van der Waals surface area contributed by atoms with E-state index in [0.717, 1.165) is 23.3 Å². The lowest BCUT2D eigenvalue weighted by atomic mass is 10.1. The average molecular weight is 506 g/mol. The molecule has 0 radical (unpaired) electrons. The molecule has 0 aromatic heterocycles. The van der Waals surface area contributed by atoms with Crippen molar-refractivity contribution in [2.75, 3.05) is 18.4 Å². The van der Waals surface area contributed by atoms with Crippen LogP contribution < -0.4 is 16.0 Å². The predicted octanol–water partition coefficient (Wildman–Crippen LogP) is 3.72. The van der Waals surface area contributed by atoms with Gasteiger partial charge in [0.1, 0.15) is 0 Å². The van der Waals surface area contributed by atoms with E-state index in [-0.39, 0.29) is 30.5 Å². The van der Waals surface area contributed by atoms with E-state index in [2.05, 4.69) is 20.9 Å². The molecular weight excluding hydrogens is 484 g/mol. The van der Waals surface area contributed by atoms with Crippen LogP contribution in [-0.2, 0) is 11.3 Å². The third-order valence-electron chi connectivity index (χ3n) is 3.61. The van der Waals surface area contributed by atoms with Gasteiger partial charge in [-0.3, -0.25) is 4.79 Å². The Morgan fingerprint density at radius 2 is 1.68 bits per heavy atom. The van der Waals surface area contributed by atoms with Crippen LogP contribution in [0.1, 0.15) is 18.1 Å². The van der Waals surface area contributed by atoms with Gasteiger partial charge in [0.05, 0.1) is 18.8 Å². The van der Waals surface area contributed by atoms with Crippen LogP contribution in [0, 0.1) is 24.4 Å². The predicted molar refractivity (Wildman–Crippen MR) is 114 cm³/mol. The Morgan fingerprint density at radius 3 is 2.32 bits per heavy atom. The fourth-order valence-corrected chi connectivity index (χ4v) is 2.19. The number of benzene rings is 2. The summed E-state index contributed by atoms with van der Waals surface area (Å²) < 4.78 is 39.7. The fourth-order valence-electron chi connectivity index (χ4n) is 2.19. The van der Waals surface area contributed by atoms with E-state index in [0.29, 0.717) is 19.0 Å². The Morgan fingerprint density at radius 1 is 1.00 bits per heavy atom. The van der Waals surface area contributed by atoms with Gasteiger partial charge in [0, 0.05) is 6.54 Å². The second-order valence-electron chi connectivity index (χ2n) is 5.81. The number of amides is 1. The highest BCUT2D eigenvalue weighted by atomic mass is 127. The van der Waals surface area contributed by atoms with Crippen molar-refractivity contribution in [3.8, 4) is 0 Å². The van der Waals surface area contributed by atoms with Crippen molar-refractivity contribution in [3.63, 3.8) is 0 Å². The van der Waals surface area contributed by atoms with Gasteiger partial charge < -0.3 is 16.0 Å². The van der Waals surface area contributed by atoms with Gasteiger partial charge >= 0.3 is 0 Å². The number of nitrogens with zero attached hydrogens (tertiary/aromatic N) is 1. The first-order chi connectivity index (χ1) is 12.9. The van der Waals surface area contributed by atoms with Crippen LogP contribution in [0.4, 0.5) is 18.9 Å². The molecule has 1 amide bonds. The molecule has 0 aliphatic carbocycles. The summed E-state index contributed by atoms with van der Waals surface area (Å²) in [5.74, 6) is -4.61. The summed E-state index contributed by atoms with van der Waals surface area (Å²) in [6.45, 7) is 4.64. The van der Waals surface area contributed by atoms with Gasteiger partial charge in [0.15, 0.2) is 23.4 Å². The lowest BCUT2D eigenvalue weighted by Crippen LogP contribution is -2.41. The monoisotopic (exact) mass is 506 g/mol. The smallest absolute Gasteiger partial charge is 0.243 e. The van der Waals surface area contributed by atoms with Gasteiger partial charge in [-0.25, -0.2) is 18.2 Å². The van der Waals surface area contributed by atoms with Crippen LogP contribution in [-0.4, -0.2) is 25.0 Å². The maximum absolute atomic E-state index is 13.6. The SMILES string of the molecule is CCNC(=NCc1ccc(C)cc1)NCC(=O)Nc1ccc(F)c(F)c1F.I. The van der Waals surface area contributed by atoms with E-state index in [1.54, 1.807) is 0 Å². The molecule has 9 heteroatoms. The molecule has 0 unspecified atom stereocenters. The molecule has 3 N–H and O–H groups in total. The number of carbonyl (C=O) groups excluding carboxylic acids is 1. The number of rotatable bonds is 6. The maximum atomic E-state index is 13.6. The van der Waals surface area contributed by atoms with Crippen LogP contribution in [0.2, 0.25) is 0 Å². The highest BCUT2D eigenvalue weighted by Gasteiger charge is 2.15.